The van der Waals surface area contributed by atoms with E-state index in [-0.39, 0.29) is 5.41 Å². The fourth-order valence-electron chi connectivity index (χ4n) is 3.11. The van der Waals surface area contributed by atoms with Crippen molar-refractivity contribution < 1.29 is 9.68 Å². The fourth-order valence-corrected chi connectivity index (χ4v) is 3.11. The lowest BCUT2D eigenvalue weighted by molar-refractivity contribution is -0.000159. The molecule has 0 atom stereocenters. The van der Waals surface area contributed by atoms with Gasteiger partial charge in [0.1, 0.15) is 24.6 Å². The van der Waals surface area contributed by atoms with E-state index in [1.165, 1.54) is 5.56 Å². The lowest BCUT2D eigenvalue weighted by atomic mass is 9.94. The summed E-state index contributed by atoms with van der Waals surface area (Å²) in [6, 6.07) is 10.1. The Hall–Kier alpha value is -2.76. The normalized spacial score (nSPS) is 15.9. The van der Waals surface area contributed by atoms with Crippen LogP contribution in [0.15, 0.2) is 40.6 Å². The van der Waals surface area contributed by atoms with Gasteiger partial charge in [-0.2, -0.15) is 0 Å². The molecule has 0 radical (unpaired) electrons. The van der Waals surface area contributed by atoms with E-state index in [9.17, 15) is 0 Å². The zero-order chi connectivity index (χ0) is 20.9. The maximum Gasteiger partial charge on any atom is 0.125 e. The van der Waals surface area contributed by atoms with Crippen molar-refractivity contribution in [1.29, 1.82) is 0 Å². The van der Waals surface area contributed by atoms with Crippen molar-refractivity contribution in [3.8, 4) is 0 Å². The smallest absolute Gasteiger partial charge is 0.125 e. The van der Waals surface area contributed by atoms with Crippen LogP contribution >= 0.6 is 0 Å². The van der Waals surface area contributed by atoms with Crippen molar-refractivity contribution in [2.75, 3.05) is 13.2 Å². The van der Waals surface area contributed by atoms with E-state index in [2.05, 4.69) is 46.3 Å². The minimum atomic E-state index is -0.231. The summed E-state index contributed by atoms with van der Waals surface area (Å²) in [4.78, 5) is 20.4. The summed E-state index contributed by atoms with van der Waals surface area (Å²) >= 11 is 0. The number of oxime groups is 2. The van der Waals surface area contributed by atoms with Crippen LogP contribution in [0.3, 0.4) is 0 Å². The number of aromatic nitrogens is 2. The highest BCUT2D eigenvalue weighted by Crippen LogP contribution is 2.22. The zero-order valence-corrected chi connectivity index (χ0v) is 18.0. The van der Waals surface area contributed by atoms with Crippen molar-refractivity contribution >= 4 is 11.4 Å². The SMILES string of the molecule is CC(=NOCC(C)(C)CON=C1CCCc2ccc(C)nc21)c1cccc(C)n1. The number of fused-ring (bicyclic) bond motifs is 1. The highest BCUT2D eigenvalue weighted by molar-refractivity contribution is 6.00. The van der Waals surface area contributed by atoms with Crippen molar-refractivity contribution in [1.82, 2.24) is 9.97 Å². The molecule has 0 saturated carbocycles. The molecule has 0 bridgehead atoms. The predicted octanol–water partition coefficient (Wildman–Crippen LogP) is 4.62. The van der Waals surface area contributed by atoms with E-state index >= 15 is 0 Å². The fraction of sp³-hybridized carbons (Fsp3) is 0.478. The summed E-state index contributed by atoms with van der Waals surface area (Å²) in [5.41, 5.74) is 6.48. The molecule has 0 amide bonds. The van der Waals surface area contributed by atoms with Gasteiger partial charge in [-0.15, -0.1) is 0 Å². The van der Waals surface area contributed by atoms with Gasteiger partial charge in [-0.3, -0.25) is 9.97 Å². The molecule has 6 heteroatoms. The van der Waals surface area contributed by atoms with Gasteiger partial charge in [-0.05, 0) is 63.8 Å². The molecule has 1 aliphatic rings. The number of aryl methyl sites for hydroxylation is 3. The Morgan fingerprint density at radius 2 is 1.76 bits per heavy atom. The van der Waals surface area contributed by atoms with E-state index in [0.717, 1.165) is 53.5 Å². The molecule has 1 aliphatic carbocycles. The van der Waals surface area contributed by atoms with Crippen molar-refractivity contribution in [3.63, 3.8) is 0 Å². The third kappa shape index (κ3) is 5.86. The molecule has 29 heavy (non-hydrogen) atoms. The van der Waals surface area contributed by atoms with Gasteiger partial charge in [0, 0.05) is 16.8 Å². The maximum atomic E-state index is 5.70. The third-order valence-corrected chi connectivity index (χ3v) is 4.80. The van der Waals surface area contributed by atoms with Crippen LogP contribution in [0.5, 0.6) is 0 Å². The van der Waals surface area contributed by atoms with Crippen LogP contribution < -0.4 is 0 Å². The molecular formula is C23H30N4O2. The Balaban J connectivity index is 1.55. The number of hydrogen-bond acceptors (Lipinski definition) is 6. The first kappa shape index (κ1) is 21.0. The Morgan fingerprint density at radius 1 is 1.00 bits per heavy atom. The monoisotopic (exact) mass is 394 g/mol. The van der Waals surface area contributed by atoms with Gasteiger partial charge in [0.25, 0.3) is 0 Å². The van der Waals surface area contributed by atoms with Crippen molar-refractivity contribution in [3.05, 3.63) is 58.7 Å². The van der Waals surface area contributed by atoms with Crippen LogP contribution in [0.4, 0.5) is 0 Å². The quantitative estimate of drug-likeness (QED) is 0.508. The molecular weight excluding hydrogens is 364 g/mol. The van der Waals surface area contributed by atoms with Crippen molar-refractivity contribution in [2.45, 2.75) is 53.9 Å². The third-order valence-electron chi connectivity index (χ3n) is 4.80. The van der Waals surface area contributed by atoms with Crippen LogP contribution in [0, 0.1) is 19.3 Å². The average molecular weight is 395 g/mol. The molecule has 0 fully saturated rings. The highest BCUT2D eigenvalue weighted by Gasteiger charge is 2.22. The summed E-state index contributed by atoms with van der Waals surface area (Å²) in [7, 11) is 0. The number of pyridine rings is 2. The number of hydrogen-bond donors (Lipinski definition) is 0. The Kier molecular flexibility index (Phi) is 6.62. The summed E-state index contributed by atoms with van der Waals surface area (Å²) in [6.07, 6.45) is 3.02. The second kappa shape index (κ2) is 9.16. The maximum absolute atomic E-state index is 5.70. The first-order chi connectivity index (χ1) is 13.8. The van der Waals surface area contributed by atoms with Crippen LogP contribution in [-0.4, -0.2) is 34.6 Å². The van der Waals surface area contributed by atoms with Gasteiger partial charge in [-0.1, -0.05) is 36.3 Å². The second-order valence-electron chi connectivity index (χ2n) is 8.40. The van der Waals surface area contributed by atoms with Crippen LogP contribution in [0.25, 0.3) is 0 Å². The Bertz CT molecular complexity index is 919. The van der Waals surface area contributed by atoms with Gasteiger partial charge in [-0.25, -0.2) is 0 Å². The van der Waals surface area contributed by atoms with E-state index in [1.807, 2.05) is 39.0 Å². The summed E-state index contributed by atoms with van der Waals surface area (Å²) in [5, 5.41) is 8.61. The topological polar surface area (TPSA) is 69.0 Å². The molecule has 154 valence electrons. The van der Waals surface area contributed by atoms with E-state index in [1.54, 1.807) is 0 Å². The van der Waals surface area contributed by atoms with Gasteiger partial charge >= 0.3 is 0 Å². The van der Waals surface area contributed by atoms with E-state index in [0.29, 0.717) is 13.2 Å². The summed E-state index contributed by atoms with van der Waals surface area (Å²) in [5.74, 6) is 0. The molecule has 0 spiro atoms. The van der Waals surface area contributed by atoms with Crippen LogP contribution in [-0.2, 0) is 16.1 Å². The van der Waals surface area contributed by atoms with Gasteiger partial charge in [0.15, 0.2) is 0 Å². The van der Waals surface area contributed by atoms with Gasteiger partial charge in [0.2, 0.25) is 0 Å². The molecule has 0 N–H and O–H groups in total. The largest absolute Gasteiger partial charge is 0.395 e. The van der Waals surface area contributed by atoms with Gasteiger partial charge < -0.3 is 9.68 Å². The first-order valence-electron chi connectivity index (χ1n) is 10.1. The second-order valence-corrected chi connectivity index (χ2v) is 8.40. The Morgan fingerprint density at radius 3 is 2.55 bits per heavy atom. The predicted molar refractivity (Wildman–Crippen MR) is 115 cm³/mol. The Labute approximate surface area is 173 Å². The lowest BCUT2D eigenvalue weighted by Crippen LogP contribution is -2.24. The molecule has 0 aromatic carbocycles. The molecule has 2 aromatic heterocycles. The standard InChI is InChI=1S/C23H30N4O2/c1-16-8-6-10-20(24-16)18(3)26-28-14-23(4,5)15-29-27-21-11-7-9-19-13-12-17(2)25-22(19)21/h6,8,10,12-13H,7,9,11,14-15H2,1-5H3. The molecule has 6 nitrogen and oxygen atoms in total. The lowest BCUT2D eigenvalue weighted by Gasteiger charge is -2.22. The molecule has 2 aromatic rings. The minimum absolute atomic E-state index is 0.231. The molecule has 0 saturated heterocycles. The first-order valence-corrected chi connectivity index (χ1v) is 10.1. The zero-order valence-electron chi connectivity index (χ0n) is 18.0. The van der Waals surface area contributed by atoms with Crippen LogP contribution in [0.2, 0.25) is 0 Å². The molecule has 3 rings (SSSR count). The molecule has 0 aliphatic heterocycles. The van der Waals surface area contributed by atoms with Gasteiger partial charge in [0.05, 0.1) is 11.4 Å². The van der Waals surface area contributed by atoms with Crippen molar-refractivity contribution in [2.24, 2.45) is 15.7 Å². The van der Waals surface area contributed by atoms with Crippen LogP contribution in [0.1, 0.15) is 62.0 Å². The van der Waals surface area contributed by atoms with E-state index < -0.39 is 0 Å². The number of rotatable bonds is 7. The molecule has 2 heterocycles. The van der Waals surface area contributed by atoms with E-state index in [4.69, 9.17) is 9.68 Å². The summed E-state index contributed by atoms with van der Waals surface area (Å²) in [6.45, 7) is 10.9. The highest BCUT2D eigenvalue weighted by atomic mass is 16.6. The average Bonchev–Trinajstić information content (AvgIpc) is 2.68. The number of nitrogens with zero attached hydrogens (tertiary/aromatic N) is 4. The summed E-state index contributed by atoms with van der Waals surface area (Å²) < 4.78 is 0. The minimum Gasteiger partial charge on any atom is -0.395 e. The molecule has 0 unspecified atom stereocenters.